The van der Waals surface area contributed by atoms with E-state index in [9.17, 15) is 5.26 Å². The van der Waals surface area contributed by atoms with Crippen molar-refractivity contribution in [1.82, 2.24) is 14.9 Å². The molecule has 4 rings (SSSR count). The Morgan fingerprint density at radius 2 is 1.90 bits per heavy atom. The van der Waals surface area contributed by atoms with Gasteiger partial charge in [-0.1, -0.05) is 20.3 Å². The number of benzene rings is 1. The van der Waals surface area contributed by atoms with Crippen LogP contribution in [-0.2, 0) is 0 Å². The number of nitrogens with zero attached hydrogens (tertiary/aromatic N) is 3. The molecule has 7 nitrogen and oxygen atoms in total. The topological polar surface area (TPSA) is 100 Å². The fraction of sp³-hybridized carbons (Fsp3) is 0.417. The first-order valence-corrected chi connectivity index (χ1v) is 11.0. The van der Waals surface area contributed by atoms with Crippen LogP contribution >= 0.6 is 0 Å². The number of aromatic nitrogens is 2. The SMILES string of the molecule is C1CCNCC1.CCOc1ccc(Nc2c(C(C)C)c(N)c(C#N)c3ccnn23)cc1. The highest BCUT2D eigenvalue weighted by Gasteiger charge is 2.20. The predicted octanol–water partition coefficient (Wildman–Crippen LogP) is 4.81. The lowest BCUT2D eigenvalue weighted by Gasteiger charge is -2.20. The molecular weight excluding hydrogens is 388 g/mol. The van der Waals surface area contributed by atoms with Gasteiger partial charge >= 0.3 is 0 Å². The van der Waals surface area contributed by atoms with E-state index in [1.54, 1.807) is 16.8 Å². The molecule has 0 amide bonds. The molecule has 0 atom stereocenters. The number of hydrogen-bond acceptors (Lipinski definition) is 6. The molecule has 7 heteroatoms. The van der Waals surface area contributed by atoms with Crippen molar-refractivity contribution in [2.75, 3.05) is 30.7 Å². The number of anilines is 3. The minimum Gasteiger partial charge on any atom is -0.494 e. The summed E-state index contributed by atoms with van der Waals surface area (Å²) in [6.07, 6.45) is 5.89. The maximum absolute atomic E-state index is 9.50. The van der Waals surface area contributed by atoms with E-state index >= 15 is 0 Å². The van der Waals surface area contributed by atoms with Gasteiger partial charge in [-0.25, -0.2) is 4.52 Å². The van der Waals surface area contributed by atoms with E-state index in [-0.39, 0.29) is 5.92 Å². The van der Waals surface area contributed by atoms with E-state index in [0.717, 1.165) is 22.8 Å². The summed E-state index contributed by atoms with van der Waals surface area (Å²) >= 11 is 0. The number of fused-ring (bicyclic) bond motifs is 1. The molecule has 0 bridgehead atoms. The molecule has 4 N–H and O–H groups in total. The average Bonchev–Trinajstić information content (AvgIpc) is 3.26. The average molecular weight is 421 g/mol. The Kier molecular flexibility index (Phi) is 7.74. The van der Waals surface area contributed by atoms with Gasteiger partial charge in [-0.3, -0.25) is 0 Å². The number of hydrogen-bond donors (Lipinski definition) is 3. The molecule has 31 heavy (non-hydrogen) atoms. The second kappa shape index (κ2) is 10.7. The maximum Gasteiger partial charge on any atom is 0.138 e. The highest BCUT2D eigenvalue weighted by Crippen LogP contribution is 2.36. The Morgan fingerprint density at radius 1 is 1.19 bits per heavy atom. The zero-order valence-corrected chi connectivity index (χ0v) is 18.6. The number of piperidine rings is 1. The summed E-state index contributed by atoms with van der Waals surface area (Å²) < 4.78 is 7.22. The fourth-order valence-electron chi connectivity index (χ4n) is 3.75. The van der Waals surface area contributed by atoms with E-state index in [1.165, 1.54) is 32.4 Å². The molecule has 0 radical (unpaired) electrons. The van der Waals surface area contributed by atoms with Gasteiger partial charge in [0.2, 0.25) is 0 Å². The molecule has 1 fully saturated rings. The zero-order valence-electron chi connectivity index (χ0n) is 18.6. The van der Waals surface area contributed by atoms with Crippen LogP contribution in [0.3, 0.4) is 0 Å². The minimum atomic E-state index is 0.130. The van der Waals surface area contributed by atoms with Crippen LogP contribution in [0.4, 0.5) is 17.2 Å². The minimum absolute atomic E-state index is 0.130. The Bertz CT molecular complexity index is 1020. The standard InChI is InChI=1S/C19H21N5O.C5H11N/c1-4-25-14-7-5-13(6-8-14)23-19-17(12(2)3)18(21)15(11-20)16-9-10-22-24(16)19;1-2-4-6-5-3-1/h5-10,12,23H,4,21H2,1-3H3;6H,1-5H2. The van der Waals surface area contributed by atoms with Crippen LogP contribution in [0.15, 0.2) is 36.5 Å². The summed E-state index contributed by atoms with van der Waals surface area (Å²) in [5, 5.41) is 20.6. The second-order valence-corrected chi connectivity index (χ2v) is 7.84. The molecule has 1 aliphatic rings. The lowest BCUT2D eigenvalue weighted by molar-refractivity contribution is 0.340. The smallest absolute Gasteiger partial charge is 0.138 e. The van der Waals surface area contributed by atoms with Crippen molar-refractivity contribution < 1.29 is 4.74 Å². The largest absolute Gasteiger partial charge is 0.494 e. The van der Waals surface area contributed by atoms with E-state index < -0.39 is 0 Å². The van der Waals surface area contributed by atoms with Gasteiger partial charge in [-0.15, -0.1) is 0 Å². The second-order valence-electron chi connectivity index (χ2n) is 7.84. The zero-order chi connectivity index (χ0) is 22.2. The van der Waals surface area contributed by atoms with Gasteiger partial charge in [0.05, 0.1) is 24.0 Å². The van der Waals surface area contributed by atoms with Crippen molar-refractivity contribution in [3.8, 4) is 11.8 Å². The molecule has 3 aromatic rings. The van der Waals surface area contributed by atoms with Crippen molar-refractivity contribution in [2.24, 2.45) is 0 Å². The van der Waals surface area contributed by atoms with Crippen molar-refractivity contribution in [2.45, 2.75) is 46.0 Å². The van der Waals surface area contributed by atoms with Crippen LogP contribution in [0, 0.1) is 11.3 Å². The van der Waals surface area contributed by atoms with E-state index in [4.69, 9.17) is 10.5 Å². The van der Waals surface area contributed by atoms with Gasteiger partial charge in [0.25, 0.3) is 0 Å². The van der Waals surface area contributed by atoms with E-state index in [1.807, 2.05) is 45.0 Å². The third-order valence-electron chi connectivity index (χ3n) is 5.25. The van der Waals surface area contributed by atoms with Gasteiger partial charge in [-0.2, -0.15) is 10.4 Å². The number of ether oxygens (including phenoxy) is 1. The Labute approximate surface area is 184 Å². The van der Waals surface area contributed by atoms with Crippen molar-refractivity contribution in [3.05, 3.63) is 47.7 Å². The highest BCUT2D eigenvalue weighted by molar-refractivity contribution is 5.81. The third kappa shape index (κ3) is 5.28. The van der Waals surface area contributed by atoms with Crippen LogP contribution in [0.25, 0.3) is 5.52 Å². The normalized spacial score (nSPS) is 13.4. The molecule has 164 valence electrons. The maximum atomic E-state index is 9.50. The molecule has 0 spiro atoms. The number of nitrogens with one attached hydrogen (secondary N) is 2. The van der Waals surface area contributed by atoms with Gasteiger partial charge < -0.3 is 21.1 Å². The fourth-order valence-corrected chi connectivity index (χ4v) is 3.75. The lowest BCUT2D eigenvalue weighted by atomic mass is 9.98. The molecular formula is C24H32N6O. The Morgan fingerprint density at radius 3 is 2.42 bits per heavy atom. The molecule has 1 aliphatic heterocycles. The molecule has 1 saturated heterocycles. The van der Waals surface area contributed by atoms with Gasteiger partial charge in [-0.05, 0) is 69.1 Å². The van der Waals surface area contributed by atoms with Crippen LogP contribution in [-0.4, -0.2) is 29.3 Å². The first-order valence-electron chi connectivity index (χ1n) is 11.0. The van der Waals surface area contributed by atoms with Crippen molar-refractivity contribution >= 4 is 22.7 Å². The van der Waals surface area contributed by atoms with Gasteiger partial charge in [0, 0.05) is 11.3 Å². The summed E-state index contributed by atoms with van der Waals surface area (Å²) in [5.74, 6) is 1.72. The lowest BCUT2D eigenvalue weighted by Crippen LogP contribution is -2.21. The Hall–Kier alpha value is -3.24. The quantitative estimate of drug-likeness (QED) is 0.547. The summed E-state index contributed by atoms with van der Waals surface area (Å²) in [6, 6.07) is 11.7. The predicted molar refractivity (Wildman–Crippen MR) is 126 cm³/mol. The first-order chi connectivity index (χ1) is 15.1. The summed E-state index contributed by atoms with van der Waals surface area (Å²) in [6.45, 7) is 9.18. The van der Waals surface area contributed by atoms with E-state index in [2.05, 4.69) is 21.8 Å². The number of pyridine rings is 1. The molecule has 2 aromatic heterocycles. The van der Waals surface area contributed by atoms with Crippen LogP contribution in [0.1, 0.15) is 57.1 Å². The van der Waals surface area contributed by atoms with Crippen molar-refractivity contribution in [1.29, 1.82) is 5.26 Å². The Balaban J connectivity index is 0.000000391. The first kappa shape index (κ1) is 22.4. The van der Waals surface area contributed by atoms with Gasteiger partial charge in [0.15, 0.2) is 0 Å². The molecule has 3 heterocycles. The number of rotatable bonds is 5. The summed E-state index contributed by atoms with van der Waals surface area (Å²) in [7, 11) is 0. The molecule has 0 unspecified atom stereocenters. The summed E-state index contributed by atoms with van der Waals surface area (Å²) in [4.78, 5) is 0. The third-order valence-corrected chi connectivity index (χ3v) is 5.25. The highest BCUT2D eigenvalue weighted by atomic mass is 16.5. The van der Waals surface area contributed by atoms with Crippen LogP contribution in [0.2, 0.25) is 0 Å². The summed E-state index contributed by atoms with van der Waals surface area (Å²) in [5.41, 5.74) is 9.73. The molecule has 1 aromatic carbocycles. The molecule has 0 aliphatic carbocycles. The van der Waals surface area contributed by atoms with Crippen molar-refractivity contribution in [3.63, 3.8) is 0 Å². The number of nitrogens with two attached hydrogens (primary N) is 1. The van der Waals surface area contributed by atoms with E-state index in [0.29, 0.717) is 23.4 Å². The molecule has 0 saturated carbocycles. The number of nitrogen functional groups attached to an aromatic ring is 1. The van der Waals surface area contributed by atoms with Gasteiger partial charge in [0.1, 0.15) is 23.2 Å². The monoisotopic (exact) mass is 420 g/mol. The number of nitriles is 1. The van der Waals surface area contributed by atoms with Crippen LogP contribution in [0.5, 0.6) is 5.75 Å². The van der Waals surface area contributed by atoms with Crippen LogP contribution < -0.4 is 21.1 Å².